The molecule has 0 bridgehead atoms. The highest BCUT2D eigenvalue weighted by molar-refractivity contribution is 7.89. The zero-order valence-electron chi connectivity index (χ0n) is 13.8. The Morgan fingerprint density at radius 1 is 1.29 bits per heavy atom. The SMILES string of the molecule is CC(C)(CCC(=O)O)NS(=O)(=O)c1ccc(N2CCCC2=O)cc1. The molecule has 1 saturated heterocycles. The number of hydrogen-bond donors (Lipinski definition) is 2. The van der Waals surface area contributed by atoms with Gasteiger partial charge in [-0.1, -0.05) is 0 Å². The minimum Gasteiger partial charge on any atom is -0.481 e. The molecule has 1 aliphatic rings. The number of anilines is 1. The Morgan fingerprint density at radius 2 is 1.92 bits per heavy atom. The van der Waals surface area contributed by atoms with E-state index in [1.54, 1.807) is 30.9 Å². The molecule has 0 spiro atoms. The van der Waals surface area contributed by atoms with E-state index in [2.05, 4.69) is 4.72 Å². The summed E-state index contributed by atoms with van der Waals surface area (Å²) in [5.41, 5.74) is -0.192. The summed E-state index contributed by atoms with van der Waals surface area (Å²) in [7, 11) is -3.77. The average molecular weight is 354 g/mol. The maximum atomic E-state index is 12.5. The first kappa shape index (κ1) is 18.4. The Morgan fingerprint density at radius 3 is 2.42 bits per heavy atom. The first-order valence-electron chi connectivity index (χ1n) is 7.77. The number of rotatable bonds is 7. The molecule has 8 heteroatoms. The highest BCUT2D eigenvalue weighted by Gasteiger charge is 2.27. The molecule has 7 nitrogen and oxygen atoms in total. The van der Waals surface area contributed by atoms with Crippen LogP contribution in [0.3, 0.4) is 0 Å². The molecule has 0 aromatic heterocycles. The zero-order chi connectivity index (χ0) is 18.0. The second-order valence-electron chi connectivity index (χ2n) is 6.53. The van der Waals surface area contributed by atoms with Crippen molar-refractivity contribution in [1.82, 2.24) is 4.72 Å². The molecule has 1 amide bonds. The molecule has 1 aliphatic heterocycles. The monoisotopic (exact) mass is 354 g/mol. The second kappa shape index (κ2) is 6.90. The number of benzene rings is 1. The fraction of sp³-hybridized carbons (Fsp3) is 0.500. The van der Waals surface area contributed by atoms with Crippen LogP contribution in [0, 0.1) is 0 Å². The first-order valence-corrected chi connectivity index (χ1v) is 9.25. The number of sulfonamides is 1. The first-order chi connectivity index (χ1) is 11.1. The third kappa shape index (κ3) is 4.55. The number of nitrogens with one attached hydrogen (secondary N) is 1. The highest BCUT2D eigenvalue weighted by Crippen LogP contribution is 2.24. The van der Waals surface area contributed by atoms with Gasteiger partial charge in [0.15, 0.2) is 0 Å². The van der Waals surface area contributed by atoms with Crippen molar-refractivity contribution < 1.29 is 23.1 Å². The lowest BCUT2D eigenvalue weighted by Crippen LogP contribution is -2.43. The van der Waals surface area contributed by atoms with Gasteiger partial charge >= 0.3 is 5.97 Å². The largest absolute Gasteiger partial charge is 0.481 e. The highest BCUT2D eigenvalue weighted by atomic mass is 32.2. The van der Waals surface area contributed by atoms with Gasteiger partial charge in [-0.2, -0.15) is 0 Å². The Bertz CT molecular complexity index is 725. The van der Waals surface area contributed by atoms with Crippen molar-refractivity contribution in [2.75, 3.05) is 11.4 Å². The molecule has 24 heavy (non-hydrogen) atoms. The summed E-state index contributed by atoms with van der Waals surface area (Å²) < 4.78 is 27.4. The van der Waals surface area contributed by atoms with Gasteiger partial charge in [0.05, 0.1) is 4.90 Å². The number of amides is 1. The van der Waals surface area contributed by atoms with E-state index in [9.17, 15) is 18.0 Å². The van der Waals surface area contributed by atoms with Crippen molar-refractivity contribution in [3.8, 4) is 0 Å². The minimum absolute atomic E-state index is 0.0403. The summed E-state index contributed by atoms with van der Waals surface area (Å²) in [4.78, 5) is 24.1. The van der Waals surface area contributed by atoms with E-state index in [4.69, 9.17) is 5.11 Å². The van der Waals surface area contributed by atoms with Gasteiger partial charge in [0.1, 0.15) is 0 Å². The van der Waals surface area contributed by atoms with Crippen LogP contribution in [0.15, 0.2) is 29.2 Å². The van der Waals surface area contributed by atoms with E-state index in [1.165, 1.54) is 12.1 Å². The third-order valence-corrected chi connectivity index (χ3v) is 5.62. The molecule has 2 N–H and O–H groups in total. The molecule has 132 valence electrons. The number of carboxylic acids is 1. The second-order valence-corrected chi connectivity index (χ2v) is 8.21. The number of aliphatic carboxylic acids is 1. The topological polar surface area (TPSA) is 104 Å². The van der Waals surface area contributed by atoms with Crippen molar-refractivity contribution in [3.05, 3.63) is 24.3 Å². The molecule has 0 radical (unpaired) electrons. The fourth-order valence-electron chi connectivity index (χ4n) is 2.62. The predicted octanol–water partition coefficient (Wildman–Crippen LogP) is 1.74. The summed E-state index contributed by atoms with van der Waals surface area (Å²) in [6.45, 7) is 3.93. The molecule has 0 saturated carbocycles. The smallest absolute Gasteiger partial charge is 0.303 e. The van der Waals surface area contributed by atoms with Gasteiger partial charge in [-0.05, 0) is 51.0 Å². The average Bonchev–Trinajstić information content (AvgIpc) is 2.91. The van der Waals surface area contributed by atoms with Gasteiger partial charge in [0.2, 0.25) is 15.9 Å². The van der Waals surface area contributed by atoms with Crippen molar-refractivity contribution in [1.29, 1.82) is 0 Å². The summed E-state index contributed by atoms with van der Waals surface area (Å²) in [6, 6.07) is 6.14. The summed E-state index contributed by atoms with van der Waals surface area (Å²) >= 11 is 0. The molecular formula is C16H22N2O5S. The van der Waals surface area contributed by atoms with E-state index in [-0.39, 0.29) is 23.6 Å². The standard InChI is InChI=1S/C16H22N2O5S/c1-16(2,10-9-15(20)21)17-24(22,23)13-7-5-12(6-8-13)18-11-3-4-14(18)19/h5-8,17H,3-4,9-11H2,1-2H3,(H,20,21). The molecule has 0 unspecified atom stereocenters. The number of carbonyl (C=O) groups excluding carboxylic acids is 1. The molecule has 2 rings (SSSR count). The number of nitrogens with zero attached hydrogens (tertiary/aromatic N) is 1. The number of carbonyl (C=O) groups is 2. The van der Waals surface area contributed by atoms with Gasteiger partial charge in [-0.3, -0.25) is 9.59 Å². The molecule has 0 aliphatic carbocycles. The predicted molar refractivity (Wildman–Crippen MR) is 89.3 cm³/mol. The van der Waals surface area contributed by atoms with Gasteiger partial charge in [0, 0.05) is 30.6 Å². The Kier molecular flexibility index (Phi) is 5.29. The van der Waals surface area contributed by atoms with Crippen LogP contribution >= 0.6 is 0 Å². The zero-order valence-corrected chi connectivity index (χ0v) is 14.6. The van der Waals surface area contributed by atoms with E-state index in [1.807, 2.05) is 0 Å². The lowest BCUT2D eigenvalue weighted by Gasteiger charge is -2.25. The van der Waals surface area contributed by atoms with Crippen LogP contribution in [0.5, 0.6) is 0 Å². The lowest BCUT2D eigenvalue weighted by molar-refractivity contribution is -0.137. The maximum Gasteiger partial charge on any atom is 0.303 e. The van der Waals surface area contributed by atoms with Gasteiger partial charge < -0.3 is 10.0 Å². The molecule has 1 aromatic rings. The van der Waals surface area contributed by atoms with E-state index in [0.717, 1.165) is 6.42 Å². The van der Waals surface area contributed by atoms with Crippen LogP contribution in [0.4, 0.5) is 5.69 Å². The minimum atomic E-state index is -3.77. The summed E-state index contributed by atoms with van der Waals surface area (Å²) in [6.07, 6.45) is 1.38. The molecule has 1 aromatic carbocycles. The van der Waals surface area contributed by atoms with Crippen LogP contribution in [0.25, 0.3) is 0 Å². The van der Waals surface area contributed by atoms with Crippen LogP contribution in [0.1, 0.15) is 39.5 Å². The van der Waals surface area contributed by atoms with Crippen molar-refractivity contribution in [2.24, 2.45) is 0 Å². The van der Waals surface area contributed by atoms with E-state index in [0.29, 0.717) is 18.7 Å². The van der Waals surface area contributed by atoms with Gasteiger partial charge in [-0.15, -0.1) is 0 Å². The van der Waals surface area contributed by atoms with Crippen molar-refractivity contribution >= 4 is 27.6 Å². The molecule has 1 fully saturated rings. The summed E-state index contributed by atoms with van der Waals surface area (Å²) in [5, 5.41) is 8.74. The van der Waals surface area contributed by atoms with Crippen LogP contribution in [-0.4, -0.2) is 37.5 Å². The van der Waals surface area contributed by atoms with Gasteiger partial charge in [0.25, 0.3) is 0 Å². The quantitative estimate of drug-likeness (QED) is 0.776. The third-order valence-electron chi connectivity index (χ3n) is 3.91. The van der Waals surface area contributed by atoms with Crippen molar-refractivity contribution in [3.63, 3.8) is 0 Å². The van der Waals surface area contributed by atoms with Gasteiger partial charge in [-0.25, -0.2) is 13.1 Å². The normalized spacial score (nSPS) is 15.8. The Balaban J connectivity index is 2.11. The molecule has 1 heterocycles. The maximum absolute atomic E-state index is 12.5. The van der Waals surface area contributed by atoms with Crippen LogP contribution in [-0.2, 0) is 19.6 Å². The Hall–Kier alpha value is -1.93. The van der Waals surface area contributed by atoms with E-state index < -0.39 is 21.5 Å². The summed E-state index contributed by atoms with van der Waals surface area (Å²) in [5.74, 6) is -0.930. The van der Waals surface area contributed by atoms with Crippen LogP contribution < -0.4 is 9.62 Å². The number of carboxylic acid groups (broad SMARTS) is 1. The fourth-order valence-corrected chi connectivity index (χ4v) is 4.06. The molecular weight excluding hydrogens is 332 g/mol. The van der Waals surface area contributed by atoms with E-state index >= 15 is 0 Å². The molecule has 0 atom stereocenters. The number of hydrogen-bond acceptors (Lipinski definition) is 4. The van der Waals surface area contributed by atoms with Crippen LogP contribution in [0.2, 0.25) is 0 Å². The Labute approximate surface area is 141 Å². The van der Waals surface area contributed by atoms with Crippen molar-refractivity contribution in [2.45, 2.75) is 50.0 Å². The lowest BCUT2D eigenvalue weighted by atomic mass is 10.0.